The van der Waals surface area contributed by atoms with E-state index in [4.69, 9.17) is 4.74 Å². The summed E-state index contributed by atoms with van der Waals surface area (Å²) in [7, 11) is 0. The molecule has 2 atom stereocenters. The normalized spacial score (nSPS) is 33.3. The molecule has 0 amide bonds. The summed E-state index contributed by atoms with van der Waals surface area (Å²) in [5.74, 6) is 1.07. The van der Waals surface area contributed by atoms with Gasteiger partial charge in [-0.25, -0.2) is 0 Å². The highest BCUT2D eigenvalue weighted by Gasteiger charge is 2.53. The van der Waals surface area contributed by atoms with Gasteiger partial charge in [-0.2, -0.15) is 0 Å². The maximum absolute atomic E-state index is 10.6. The number of aliphatic hydroxyl groups is 1. The zero-order valence-corrected chi connectivity index (χ0v) is 13.4. The van der Waals surface area contributed by atoms with Crippen LogP contribution in [-0.4, -0.2) is 46.4 Å². The molecule has 0 spiro atoms. The van der Waals surface area contributed by atoms with Crippen LogP contribution in [0, 0.1) is 11.8 Å². The molecule has 0 aromatic carbocycles. The first-order chi connectivity index (χ1) is 8.63. The van der Waals surface area contributed by atoms with Gasteiger partial charge in [-0.15, -0.1) is 0 Å². The number of aliphatic hydroxyl groups excluding tert-OH is 1. The van der Waals surface area contributed by atoms with Gasteiger partial charge in [0.15, 0.2) is 0 Å². The quantitative estimate of drug-likeness (QED) is 0.833. The third-order valence-corrected chi connectivity index (χ3v) is 4.86. The van der Waals surface area contributed by atoms with Crippen LogP contribution >= 0.6 is 0 Å². The Morgan fingerprint density at radius 2 is 1.68 bits per heavy atom. The zero-order valence-electron chi connectivity index (χ0n) is 13.4. The number of ether oxygens (including phenoxy) is 1. The highest BCUT2D eigenvalue weighted by Crippen LogP contribution is 2.43. The predicted molar refractivity (Wildman–Crippen MR) is 78.2 cm³/mol. The van der Waals surface area contributed by atoms with Crippen molar-refractivity contribution in [1.82, 2.24) is 4.90 Å². The molecule has 2 fully saturated rings. The third kappa shape index (κ3) is 3.32. The van der Waals surface area contributed by atoms with Crippen LogP contribution in [0.3, 0.4) is 0 Å². The number of hydrogen-bond acceptors (Lipinski definition) is 3. The first-order valence-electron chi connectivity index (χ1n) is 7.76. The topological polar surface area (TPSA) is 32.7 Å². The van der Waals surface area contributed by atoms with Gasteiger partial charge in [0.05, 0.1) is 17.3 Å². The maximum atomic E-state index is 10.6. The summed E-state index contributed by atoms with van der Waals surface area (Å²) in [6, 6.07) is 0.535. The lowest BCUT2D eigenvalue weighted by molar-refractivity contribution is -0.0915. The van der Waals surface area contributed by atoms with Crippen LogP contribution in [-0.2, 0) is 4.74 Å². The van der Waals surface area contributed by atoms with Crippen LogP contribution in [0.25, 0.3) is 0 Å². The lowest BCUT2D eigenvalue weighted by atomic mass is 9.84. The minimum Gasteiger partial charge on any atom is -0.390 e. The average Bonchev–Trinajstić information content (AvgIpc) is 3.01. The van der Waals surface area contributed by atoms with E-state index in [2.05, 4.69) is 32.6 Å². The van der Waals surface area contributed by atoms with E-state index in [9.17, 15) is 5.11 Å². The molecule has 0 aromatic rings. The Labute approximate surface area is 118 Å². The van der Waals surface area contributed by atoms with Gasteiger partial charge in [0, 0.05) is 25.0 Å². The van der Waals surface area contributed by atoms with E-state index in [0.717, 1.165) is 12.5 Å². The van der Waals surface area contributed by atoms with Gasteiger partial charge in [-0.3, -0.25) is 0 Å². The molecule has 112 valence electrons. The molecule has 19 heavy (non-hydrogen) atoms. The molecular formula is C16H31NO2. The lowest BCUT2D eigenvalue weighted by Crippen LogP contribution is -2.46. The molecule has 3 nitrogen and oxygen atoms in total. The van der Waals surface area contributed by atoms with Crippen molar-refractivity contribution in [2.24, 2.45) is 11.8 Å². The molecule has 1 heterocycles. The standard InChI is InChI=1S/C16H31NO2/c1-11(2)17(9-12-7-8-12)10-13-14(18)16(5,6)19-15(13,3)4/h11-14,18H,7-10H2,1-6H3. The second-order valence-corrected chi connectivity index (χ2v) is 7.85. The van der Waals surface area contributed by atoms with Crippen LogP contribution < -0.4 is 0 Å². The van der Waals surface area contributed by atoms with Crippen LogP contribution in [0.2, 0.25) is 0 Å². The molecule has 3 heteroatoms. The van der Waals surface area contributed by atoms with Crippen LogP contribution in [0.15, 0.2) is 0 Å². The van der Waals surface area contributed by atoms with Gasteiger partial charge >= 0.3 is 0 Å². The van der Waals surface area contributed by atoms with Crippen molar-refractivity contribution in [1.29, 1.82) is 0 Å². The molecule has 1 saturated heterocycles. The Bertz CT molecular complexity index is 321. The molecule has 2 aliphatic rings. The second-order valence-electron chi connectivity index (χ2n) is 7.85. The molecule has 1 aliphatic carbocycles. The van der Waals surface area contributed by atoms with Gasteiger partial charge in [0.2, 0.25) is 0 Å². The Hall–Kier alpha value is -0.120. The first-order valence-corrected chi connectivity index (χ1v) is 7.76. The Morgan fingerprint density at radius 1 is 1.11 bits per heavy atom. The molecule has 0 aromatic heterocycles. The van der Waals surface area contributed by atoms with Crippen molar-refractivity contribution >= 4 is 0 Å². The van der Waals surface area contributed by atoms with Crippen LogP contribution in [0.1, 0.15) is 54.4 Å². The van der Waals surface area contributed by atoms with Gasteiger partial charge in [0.1, 0.15) is 0 Å². The fourth-order valence-electron chi connectivity index (χ4n) is 3.38. The van der Waals surface area contributed by atoms with Gasteiger partial charge in [-0.05, 0) is 60.3 Å². The van der Waals surface area contributed by atoms with E-state index in [0.29, 0.717) is 6.04 Å². The Morgan fingerprint density at radius 3 is 2.05 bits per heavy atom. The van der Waals surface area contributed by atoms with Gasteiger partial charge in [-0.1, -0.05) is 0 Å². The van der Waals surface area contributed by atoms with Gasteiger partial charge in [0.25, 0.3) is 0 Å². The van der Waals surface area contributed by atoms with Crippen molar-refractivity contribution in [2.75, 3.05) is 13.1 Å². The molecule has 1 aliphatic heterocycles. The Balaban J connectivity index is 2.06. The highest BCUT2D eigenvalue weighted by atomic mass is 16.5. The number of hydrogen-bond donors (Lipinski definition) is 1. The molecular weight excluding hydrogens is 238 g/mol. The van der Waals surface area contributed by atoms with E-state index in [1.807, 2.05) is 13.8 Å². The largest absolute Gasteiger partial charge is 0.390 e. The molecule has 2 rings (SSSR count). The predicted octanol–water partition coefficient (Wildman–Crippen LogP) is 2.67. The minimum absolute atomic E-state index is 0.184. The number of nitrogens with zero attached hydrogens (tertiary/aromatic N) is 1. The summed E-state index contributed by atoms with van der Waals surface area (Å²) in [4.78, 5) is 2.53. The fraction of sp³-hybridized carbons (Fsp3) is 1.00. The summed E-state index contributed by atoms with van der Waals surface area (Å²) in [5.41, 5.74) is -0.685. The summed E-state index contributed by atoms with van der Waals surface area (Å²) in [6.45, 7) is 14.9. The number of rotatable bonds is 5. The monoisotopic (exact) mass is 269 g/mol. The van der Waals surface area contributed by atoms with E-state index in [1.165, 1.54) is 19.4 Å². The first kappa shape index (κ1) is 15.3. The van der Waals surface area contributed by atoms with Crippen molar-refractivity contribution in [3.8, 4) is 0 Å². The third-order valence-electron chi connectivity index (χ3n) is 4.86. The Kier molecular flexibility index (Phi) is 4.03. The zero-order chi connectivity index (χ0) is 14.4. The smallest absolute Gasteiger partial charge is 0.0896 e. The van der Waals surface area contributed by atoms with Crippen LogP contribution in [0.4, 0.5) is 0 Å². The van der Waals surface area contributed by atoms with E-state index in [-0.39, 0.29) is 17.6 Å². The fourth-order valence-corrected chi connectivity index (χ4v) is 3.38. The molecule has 0 bridgehead atoms. The summed E-state index contributed by atoms with van der Waals surface area (Å²) >= 11 is 0. The summed E-state index contributed by atoms with van der Waals surface area (Å²) in [5, 5.41) is 10.6. The highest BCUT2D eigenvalue weighted by molar-refractivity contribution is 5.02. The minimum atomic E-state index is -0.434. The second kappa shape index (κ2) is 5.01. The van der Waals surface area contributed by atoms with Crippen molar-refractivity contribution < 1.29 is 9.84 Å². The lowest BCUT2D eigenvalue weighted by Gasteiger charge is -2.35. The van der Waals surface area contributed by atoms with Crippen molar-refractivity contribution in [3.63, 3.8) is 0 Å². The molecule has 1 N–H and O–H groups in total. The molecule has 0 radical (unpaired) electrons. The summed E-state index contributed by atoms with van der Waals surface area (Å²) < 4.78 is 6.09. The molecule has 1 saturated carbocycles. The van der Waals surface area contributed by atoms with E-state index >= 15 is 0 Å². The maximum Gasteiger partial charge on any atom is 0.0896 e. The van der Waals surface area contributed by atoms with Crippen molar-refractivity contribution in [3.05, 3.63) is 0 Å². The van der Waals surface area contributed by atoms with Crippen molar-refractivity contribution in [2.45, 2.75) is 77.7 Å². The van der Waals surface area contributed by atoms with Crippen LogP contribution in [0.5, 0.6) is 0 Å². The van der Waals surface area contributed by atoms with Gasteiger partial charge < -0.3 is 14.7 Å². The SMILES string of the molecule is CC(C)N(CC1CC1)CC1C(O)C(C)(C)OC1(C)C. The van der Waals surface area contributed by atoms with E-state index < -0.39 is 5.60 Å². The molecule has 2 unspecified atom stereocenters. The average molecular weight is 269 g/mol. The summed E-state index contributed by atoms with van der Waals surface area (Å²) in [6.07, 6.45) is 2.37. The van der Waals surface area contributed by atoms with E-state index in [1.54, 1.807) is 0 Å².